The minimum absolute atomic E-state index is 0.109. The molecular formula is C13H16N2O2. The van der Waals surface area contributed by atoms with E-state index in [1.54, 1.807) is 26.1 Å². The fraction of sp³-hybridized carbons (Fsp3) is 0.385. The maximum absolute atomic E-state index is 12.0. The Bertz CT molecular complexity index is 463. The molecule has 0 saturated heterocycles. The van der Waals surface area contributed by atoms with Gasteiger partial charge in [-0.3, -0.25) is 4.79 Å². The molecule has 0 bridgehead atoms. The van der Waals surface area contributed by atoms with Gasteiger partial charge < -0.3 is 10.0 Å². The second-order valence-electron chi connectivity index (χ2n) is 4.13. The molecule has 0 aromatic heterocycles. The lowest BCUT2D eigenvalue weighted by atomic mass is 10.1. The molecule has 4 heteroatoms. The van der Waals surface area contributed by atoms with E-state index in [0.717, 1.165) is 5.56 Å². The molecule has 0 aliphatic rings. The summed E-state index contributed by atoms with van der Waals surface area (Å²) >= 11 is 0. The summed E-state index contributed by atoms with van der Waals surface area (Å²) in [5.41, 5.74) is 1.16. The smallest absolute Gasteiger partial charge is 0.254 e. The molecule has 0 radical (unpaired) electrons. The van der Waals surface area contributed by atoms with Crippen molar-refractivity contribution in [1.82, 2.24) is 4.90 Å². The van der Waals surface area contributed by atoms with Gasteiger partial charge in [0.05, 0.1) is 12.5 Å². The lowest BCUT2D eigenvalue weighted by Gasteiger charge is -2.23. The third kappa shape index (κ3) is 2.97. The molecule has 1 unspecified atom stereocenters. The van der Waals surface area contributed by atoms with Crippen molar-refractivity contribution in [3.63, 3.8) is 0 Å². The Morgan fingerprint density at radius 1 is 1.59 bits per heavy atom. The van der Waals surface area contributed by atoms with E-state index in [2.05, 4.69) is 0 Å². The van der Waals surface area contributed by atoms with Crippen molar-refractivity contribution in [1.29, 1.82) is 5.26 Å². The number of hydrogen-bond acceptors (Lipinski definition) is 3. The molecule has 1 N–H and O–H groups in total. The van der Waals surface area contributed by atoms with E-state index in [-0.39, 0.29) is 17.7 Å². The maximum Gasteiger partial charge on any atom is 0.254 e. The first kappa shape index (κ1) is 13.0. The number of rotatable bonds is 3. The number of amides is 1. The Morgan fingerprint density at radius 3 is 2.76 bits per heavy atom. The summed E-state index contributed by atoms with van der Waals surface area (Å²) in [5.74, 6) is -0.0831. The van der Waals surface area contributed by atoms with E-state index in [4.69, 9.17) is 5.26 Å². The summed E-state index contributed by atoms with van der Waals surface area (Å²) in [6.07, 6.45) is 0.292. The van der Waals surface area contributed by atoms with Crippen LogP contribution < -0.4 is 0 Å². The maximum atomic E-state index is 12.0. The van der Waals surface area contributed by atoms with Crippen LogP contribution in [0.5, 0.6) is 5.75 Å². The third-order valence-corrected chi connectivity index (χ3v) is 2.82. The largest absolute Gasteiger partial charge is 0.508 e. The molecule has 0 aliphatic carbocycles. The monoisotopic (exact) mass is 232 g/mol. The van der Waals surface area contributed by atoms with Crippen LogP contribution in [0.15, 0.2) is 18.2 Å². The van der Waals surface area contributed by atoms with Gasteiger partial charge in [0.1, 0.15) is 5.75 Å². The summed E-state index contributed by atoms with van der Waals surface area (Å²) in [7, 11) is 1.65. The summed E-state index contributed by atoms with van der Waals surface area (Å²) in [4.78, 5) is 13.5. The van der Waals surface area contributed by atoms with Gasteiger partial charge >= 0.3 is 0 Å². The average Bonchev–Trinajstić information content (AvgIpc) is 2.31. The highest BCUT2D eigenvalue weighted by Gasteiger charge is 2.17. The zero-order chi connectivity index (χ0) is 13.0. The molecule has 1 aromatic carbocycles. The molecule has 1 aromatic rings. The van der Waals surface area contributed by atoms with E-state index in [1.165, 1.54) is 11.0 Å². The predicted molar refractivity (Wildman–Crippen MR) is 64.6 cm³/mol. The highest BCUT2D eigenvalue weighted by molar-refractivity contribution is 5.94. The second-order valence-corrected chi connectivity index (χ2v) is 4.13. The lowest BCUT2D eigenvalue weighted by Crippen LogP contribution is -2.34. The van der Waals surface area contributed by atoms with Crippen LogP contribution in [0.25, 0.3) is 0 Å². The van der Waals surface area contributed by atoms with Gasteiger partial charge in [-0.05, 0) is 31.5 Å². The third-order valence-electron chi connectivity index (χ3n) is 2.82. The van der Waals surface area contributed by atoms with Gasteiger partial charge in [-0.2, -0.15) is 5.26 Å². The molecule has 1 amide bonds. The molecule has 0 saturated carbocycles. The number of nitrogens with zero attached hydrogens (tertiary/aromatic N) is 2. The molecule has 1 rings (SSSR count). The van der Waals surface area contributed by atoms with Gasteiger partial charge in [0.25, 0.3) is 5.91 Å². The zero-order valence-electron chi connectivity index (χ0n) is 10.3. The molecular weight excluding hydrogens is 216 g/mol. The minimum atomic E-state index is -0.192. The van der Waals surface area contributed by atoms with E-state index in [0.29, 0.717) is 12.0 Å². The first-order chi connectivity index (χ1) is 7.97. The molecule has 90 valence electrons. The number of aromatic hydroxyl groups is 1. The van der Waals surface area contributed by atoms with Gasteiger partial charge in [0, 0.05) is 18.7 Å². The van der Waals surface area contributed by atoms with Crippen LogP contribution in [0, 0.1) is 18.3 Å². The van der Waals surface area contributed by atoms with Gasteiger partial charge in [-0.25, -0.2) is 0 Å². The normalized spacial score (nSPS) is 11.6. The van der Waals surface area contributed by atoms with Crippen molar-refractivity contribution < 1.29 is 9.90 Å². The Labute approximate surface area is 101 Å². The van der Waals surface area contributed by atoms with Gasteiger partial charge in [-0.15, -0.1) is 0 Å². The first-order valence-electron chi connectivity index (χ1n) is 5.41. The van der Waals surface area contributed by atoms with Crippen molar-refractivity contribution in [2.24, 2.45) is 0 Å². The number of carbonyl (C=O) groups excluding carboxylic acids is 1. The van der Waals surface area contributed by atoms with Crippen LogP contribution in [0.3, 0.4) is 0 Å². The lowest BCUT2D eigenvalue weighted by molar-refractivity contribution is 0.0746. The molecule has 0 aliphatic heterocycles. The zero-order valence-corrected chi connectivity index (χ0v) is 10.3. The van der Waals surface area contributed by atoms with Crippen molar-refractivity contribution >= 4 is 5.91 Å². The van der Waals surface area contributed by atoms with Crippen LogP contribution >= 0.6 is 0 Å². The fourth-order valence-electron chi connectivity index (χ4n) is 1.42. The van der Waals surface area contributed by atoms with Gasteiger partial charge in [-0.1, -0.05) is 6.07 Å². The van der Waals surface area contributed by atoms with Crippen molar-refractivity contribution in [3.8, 4) is 11.8 Å². The van der Waals surface area contributed by atoms with E-state index < -0.39 is 0 Å². The standard InChI is InChI=1S/C13H16N2O2/c1-9-4-5-11(8-12(9)16)13(17)15(3)10(2)6-7-14/h4-5,8,10,16H,6H2,1-3H3. The fourth-order valence-corrected chi connectivity index (χ4v) is 1.42. The number of nitriles is 1. The second kappa shape index (κ2) is 5.35. The van der Waals surface area contributed by atoms with Crippen molar-refractivity contribution in [3.05, 3.63) is 29.3 Å². The Morgan fingerprint density at radius 2 is 2.24 bits per heavy atom. The average molecular weight is 232 g/mol. The number of phenolic OH excluding ortho intramolecular Hbond substituents is 1. The molecule has 0 spiro atoms. The number of hydrogen-bond donors (Lipinski definition) is 1. The Kier molecular flexibility index (Phi) is 4.11. The number of carbonyl (C=O) groups is 1. The van der Waals surface area contributed by atoms with Crippen LogP contribution in [0.2, 0.25) is 0 Å². The van der Waals surface area contributed by atoms with E-state index in [1.807, 2.05) is 13.0 Å². The van der Waals surface area contributed by atoms with Crippen molar-refractivity contribution in [2.75, 3.05) is 7.05 Å². The highest BCUT2D eigenvalue weighted by Crippen LogP contribution is 2.19. The predicted octanol–water partition coefficient (Wildman–Crippen LogP) is 2.07. The quantitative estimate of drug-likeness (QED) is 0.867. The van der Waals surface area contributed by atoms with Crippen LogP contribution in [-0.4, -0.2) is 29.0 Å². The SMILES string of the molecule is Cc1ccc(C(=O)N(C)C(C)CC#N)cc1O. The number of phenols is 1. The van der Waals surface area contributed by atoms with Gasteiger partial charge in [0.15, 0.2) is 0 Å². The minimum Gasteiger partial charge on any atom is -0.508 e. The molecule has 0 fully saturated rings. The van der Waals surface area contributed by atoms with Crippen molar-refractivity contribution in [2.45, 2.75) is 26.3 Å². The molecule has 0 heterocycles. The van der Waals surface area contributed by atoms with Crippen LogP contribution in [-0.2, 0) is 0 Å². The molecule has 17 heavy (non-hydrogen) atoms. The topological polar surface area (TPSA) is 64.3 Å². The van der Waals surface area contributed by atoms with Gasteiger partial charge in [0.2, 0.25) is 0 Å². The number of aryl methyl sites for hydroxylation is 1. The van der Waals surface area contributed by atoms with Crippen LogP contribution in [0.1, 0.15) is 29.3 Å². The molecule has 1 atom stereocenters. The van der Waals surface area contributed by atoms with E-state index in [9.17, 15) is 9.90 Å². The first-order valence-corrected chi connectivity index (χ1v) is 5.41. The summed E-state index contributed by atoms with van der Waals surface area (Å²) in [6, 6.07) is 6.71. The summed E-state index contributed by atoms with van der Waals surface area (Å²) in [6.45, 7) is 3.58. The van der Waals surface area contributed by atoms with E-state index >= 15 is 0 Å². The summed E-state index contributed by atoms with van der Waals surface area (Å²) < 4.78 is 0. The highest BCUT2D eigenvalue weighted by atomic mass is 16.3. The van der Waals surface area contributed by atoms with Crippen LogP contribution in [0.4, 0.5) is 0 Å². The Balaban J connectivity index is 2.89. The molecule has 4 nitrogen and oxygen atoms in total. The Hall–Kier alpha value is -2.02. The number of benzene rings is 1. The summed E-state index contributed by atoms with van der Waals surface area (Å²) in [5, 5.41) is 18.1.